The van der Waals surface area contributed by atoms with E-state index in [9.17, 15) is 0 Å². The van der Waals surface area contributed by atoms with Gasteiger partial charge in [-0.25, -0.2) is 0 Å². The molecule has 0 aromatic carbocycles. The first-order valence-corrected chi connectivity index (χ1v) is 6.18. The first-order chi connectivity index (χ1) is 6.92. The zero-order valence-electron chi connectivity index (χ0n) is 8.58. The van der Waals surface area contributed by atoms with Crippen molar-refractivity contribution in [2.45, 2.75) is 25.9 Å². The normalized spacial score (nSPS) is 20.8. The predicted molar refractivity (Wildman–Crippen MR) is 59.9 cm³/mol. The van der Waals surface area contributed by atoms with E-state index in [2.05, 4.69) is 23.7 Å². The molecule has 0 unspecified atom stereocenters. The smallest absolute Gasteiger partial charge is 0.0960 e. The van der Waals surface area contributed by atoms with Crippen LogP contribution in [0.1, 0.15) is 29.9 Å². The van der Waals surface area contributed by atoms with Crippen molar-refractivity contribution in [3.8, 4) is 0 Å². The molecule has 2 nitrogen and oxygen atoms in total. The summed E-state index contributed by atoms with van der Waals surface area (Å²) in [6, 6.07) is 2.21. The van der Waals surface area contributed by atoms with E-state index in [4.69, 9.17) is 4.74 Å². The molecule has 0 aliphatic carbocycles. The topological polar surface area (TPSA) is 21.3 Å². The Bertz CT molecular complexity index is 285. The van der Waals surface area contributed by atoms with Gasteiger partial charge in [-0.3, -0.25) is 0 Å². The molecule has 1 aromatic heterocycles. The van der Waals surface area contributed by atoms with Crippen molar-refractivity contribution in [1.29, 1.82) is 0 Å². The second-order valence-corrected chi connectivity index (χ2v) is 4.61. The maximum Gasteiger partial charge on any atom is 0.0960 e. The molecule has 0 saturated carbocycles. The van der Waals surface area contributed by atoms with Gasteiger partial charge in [0.15, 0.2) is 0 Å². The standard InChI is InChI=1S/C11H17NOS/c1-2-5-12-8-10-9-4-7-14-11(9)3-6-13-10/h4,7,10,12H,2-3,5-6,8H2,1H3/t10-/m0/s1. The molecule has 0 amide bonds. The summed E-state index contributed by atoms with van der Waals surface area (Å²) in [4.78, 5) is 1.51. The Labute approximate surface area is 89.3 Å². The van der Waals surface area contributed by atoms with E-state index < -0.39 is 0 Å². The summed E-state index contributed by atoms with van der Waals surface area (Å²) < 4.78 is 5.75. The number of ether oxygens (including phenoxy) is 1. The monoisotopic (exact) mass is 211 g/mol. The van der Waals surface area contributed by atoms with Crippen molar-refractivity contribution >= 4 is 11.3 Å². The van der Waals surface area contributed by atoms with Gasteiger partial charge in [-0.15, -0.1) is 11.3 Å². The highest BCUT2D eigenvalue weighted by Crippen LogP contribution is 2.30. The lowest BCUT2D eigenvalue weighted by atomic mass is 10.1. The maximum absolute atomic E-state index is 5.75. The number of hydrogen-bond donors (Lipinski definition) is 1. The third-order valence-electron chi connectivity index (χ3n) is 2.53. The maximum atomic E-state index is 5.75. The average Bonchev–Trinajstić information content (AvgIpc) is 2.67. The molecule has 1 atom stereocenters. The van der Waals surface area contributed by atoms with E-state index in [1.54, 1.807) is 0 Å². The van der Waals surface area contributed by atoms with Gasteiger partial charge in [-0.1, -0.05) is 6.92 Å². The van der Waals surface area contributed by atoms with Crippen molar-refractivity contribution in [2.75, 3.05) is 19.7 Å². The lowest BCUT2D eigenvalue weighted by Gasteiger charge is -2.23. The molecule has 14 heavy (non-hydrogen) atoms. The van der Waals surface area contributed by atoms with Gasteiger partial charge in [0.25, 0.3) is 0 Å². The van der Waals surface area contributed by atoms with Crippen LogP contribution < -0.4 is 5.32 Å². The van der Waals surface area contributed by atoms with Crippen molar-refractivity contribution in [2.24, 2.45) is 0 Å². The zero-order chi connectivity index (χ0) is 9.80. The van der Waals surface area contributed by atoms with Crippen LogP contribution in [0, 0.1) is 0 Å². The highest BCUT2D eigenvalue weighted by molar-refractivity contribution is 7.10. The fourth-order valence-electron chi connectivity index (χ4n) is 1.80. The van der Waals surface area contributed by atoms with E-state index in [-0.39, 0.29) is 6.10 Å². The molecule has 1 N–H and O–H groups in total. The minimum atomic E-state index is 0.288. The van der Waals surface area contributed by atoms with Gasteiger partial charge >= 0.3 is 0 Å². The third-order valence-corrected chi connectivity index (χ3v) is 3.53. The van der Waals surface area contributed by atoms with Gasteiger partial charge in [-0.2, -0.15) is 0 Å². The Balaban J connectivity index is 1.94. The largest absolute Gasteiger partial charge is 0.372 e. The van der Waals surface area contributed by atoms with Crippen LogP contribution in [0.3, 0.4) is 0 Å². The number of rotatable bonds is 4. The first kappa shape index (κ1) is 10.1. The Morgan fingerprint density at radius 2 is 2.57 bits per heavy atom. The lowest BCUT2D eigenvalue weighted by molar-refractivity contribution is 0.0439. The highest BCUT2D eigenvalue weighted by atomic mass is 32.1. The number of nitrogens with one attached hydrogen (secondary N) is 1. The zero-order valence-corrected chi connectivity index (χ0v) is 9.40. The second kappa shape index (κ2) is 4.91. The number of fused-ring (bicyclic) bond motifs is 1. The number of thiophene rings is 1. The molecule has 2 rings (SSSR count). The Hall–Kier alpha value is -0.380. The molecule has 1 aliphatic rings. The molecular weight excluding hydrogens is 194 g/mol. The van der Waals surface area contributed by atoms with E-state index >= 15 is 0 Å². The van der Waals surface area contributed by atoms with Crippen LogP contribution in [-0.4, -0.2) is 19.7 Å². The van der Waals surface area contributed by atoms with E-state index in [1.165, 1.54) is 16.9 Å². The molecule has 78 valence electrons. The Morgan fingerprint density at radius 1 is 1.64 bits per heavy atom. The minimum absolute atomic E-state index is 0.288. The molecule has 0 radical (unpaired) electrons. The fourth-order valence-corrected chi connectivity index (χ4v) is 2.72. The first-order valence-electron chi connectivity index (χ1n) is 5.30. The van der Waals surface area contributed by atoms with Gasteiger partial charge in [0.1, 0.15) is 0 Å². The van der Waals surface area contributed by atoms with Crippen molar-refractivity contribution in [1.82, 2.24) is 5.32 Å². The second-order valence-electron chi connectivity index (χ2n) is 3.61. The van der Waals surface area contributed by atoms with Crippen LogP contribution in [0.25, 0.3) is 0 Å². The fraction of sp³-hybridized carbons (Fsp3) is 0.636. The van der Waals surface area contributed by atoms with Gasteiger partial charge < -0.3 is 10.1 Å². The molecule has 0 spiro atoms. The third kappa shape index (κ3) is 2.16. The van der Waals surface area contributed by atoms with Gasteiger partial charge in [0, 0.05) is 17.8 Å². The summed E-state index contributed by atoms with van der Waals surface area (Å²) in [6.45, 7) is 5.10. The number of hydrogen-bond acceptors (Lipinski definition) is 3. The van der Waals surface area contributed by atoms with E-state index in [0.29, 0.717) is 0 Å². The summed E-state index contributed by atoms with van der Waals surface area (Å²) in [7, 11) is 0. The molecule has 1 aliphatic heterocycles. The summed E-state index contributed by atoms with van der Waals surface area (Å²) in [6.07, 6.45) is 2.57. The van der Waals surface area contributed by atoms with Crippen LogP contribution in [0.4, 0.5) is 0 Å². The van der Waals surface area contributed by atoms with Crippen molar-refractivity contribution in [3.05, 3.63) is 21.9 Å². The van der Waals surface area contributed by atoms with Crippen LogP contribution in [-0.2, 0) is 11.2 Å². The van der Waals surface area contributed by atoms with E-state index in [1.807, 2.05) is 11.3 Å². The Kier molecular flexibility index (Phi) is 3.56. The molecule has 1 aromatic rings. The predicted octanol–water partition coefficient (Wildman–Crippen LogP) is 2.36. The lowest BCUT2D eigenvalue weighted by Crippen LogP contribution is -2.27. The Morgan fingerprint density at radius 3 is 3.43 bits per heavy atom. The molecule has 2 heterocycles. The van der Waals surface area contributed by atoms with Crippen molar-refractivity contribution in [3.63, 3.8) is 0 Å². The molecular formula is C11H17NOS. The molecule has 3 heteroatoms. The SMILES string of the molecule is CCCNC[C@@H]1OCCc2sccc21. The minimum Gasteiger partial charge on any atom is -0.372 e. The highest BCUT2D eigenvalue weighted by Gasteiger charge is 2.20. The van der Waals surface area contributed by atoms with Gasteiger partial charge in [-0.05, 0) is 30.0 Å². The van der Waals surface area contributed by atoms with Crippen molar-refractivity contribution < 1.29 is 4.74 Å². The van der Waals surface area contributed by atoms with Gasteiger partial charge in [0.2, 0.25) is 0 Å². The summed E-state index contributed by atoms with van der Waals surface area (Å²) in [5.74, 6) is 0. The van der Waals surface area contributed by atoms with Crippen LogP contribution >= 0.6 is 11.3 Å². The molecule has 0 bridgehead atoms. The average molecular weight is 211 g/mol. The van der Waals surface area contributed by atoms with Crippen LogP contribution in [0.5, 0.6) is 0 Å². The van der Waals surface area contributed by atoms with Crippen LogP contribution in [0.15, 0.2) is 11.4 Å². The van der Waals surface area contributed by atoms with Gasteiger partial charge in [0.05, 0.1) is 12.7 Å². The summed E-state index contributed by atoms with van der Waals surface area (Å²) in [5.41, 5.74) is 1.41. The van der Waals surface area contributed by atoms with E-state index in [0.717, 1.165) is 26.1 Å². The quantitative estimate of drug-likeness (QED) is 0.772. The summed E-state index contributed by atoms with van der Waals surface area (Å²) >= 11 is 1.86. The van der Waals surface area contributed by atoms with Crippen LogP contribution in [0.2, 0.25) is 0 Å². The molecule has 0 saturated heterocycles. The molecule has 0 fully saturated rings. The summed E-state index contributed by atoms with van der Waals surface area (Å²) in [5, 5.41) is 5.59.